The molecule has 0 atom stereocenters. The Bertz CT molecular complexity index is 583. The predicted molar refractivity (Wildman–Crippen MR) is 63.8 cm³/mol. The summed E-state index contributed by atoms with van der Waals surface area (Å²) in [5.41, 5.74) is 1.18. The number of nitrogens with zero attached hydrogens (tertiary/aromatic N) is 1. The van der Waals surface area contributed by atoms with Crippen LogP contribution in [0.4, 0.5) is 4.39 Å². The van der Waals surface area contributed by atoms with Crippen LogP contribution in [-0.4, -0.2) is 10.8 Å². The summed E-state index contributed by atoms with van der Waals surface area (Å²) in [6.45, 7) is 1.76. The highest BCUT2D eigenvalue weighted by Crippen LogP contribution is 2.19. The summed E-state index contributed by atoms with van der Waals surface area (Å²) in [6.07, 6.45) is 2.42. The second-order valence-electron chi connectivity index (χ2n) is 3.64. The Morgan fingerprint density at radius 3 is 2.71 bits per heavy atom. The van der Waals surface area contributed by atoms with E-state index in [0.29, 0.717) is 10.6 Å². The molecule has 17 heavy (non-hydrogen) atoms. The number of aromatic nitrogens is 1. The summed E-state index contributed by atoms with van der Waals surface area (Å²) in [7, 11) is 0. The molecule has 0 saturated carbocycles. The van der Waals surface area contributed by atoms with Crippen LogP contribution in [-0.2, 0) is 0 Å². The molecule has 0 fully saturated rings. The Morgan fingerprint density at radius 2 is 2.06 bits per heavy atom. The van der Waals surface area contributed by atoms with Gasteiger partial charge in [0.05, 0.1) is 11.8 Å². The van der Waals surface area contributed by atoms with E-state index in [-0.39, 0.29) is 11.3 Å². The molecule has 86 valence electrons. The highest BCUT2D eigenvalue weighted by atomic mass is 35.5. The molecule has 0 saturated heterocycles. The first-order valence-electron chi connectivity index (χ1n) is 5.00. The molecule has 0 spiro atoms. The summed E-state index contributed by atoms with van der Waals surface area (Å²) in [5.74, 6) is -0.981. The van der Waals surface area contributed by atoms with Gasteiger partial charge >= 0.3 is 0 Å². The lowest BCUT2D eigenvalue weighted by atomic mass is 10.00. The molecule has 0 aliphatic heterocycles. The van der Waals surface area contributed by atoms with Gasteiger partial charge in [0.1, 0.15) is 0 Å². The van der Waals surface area contributed by atoms with Crippen molar-refractivity contribution in [2.75, 3.05) is 0 Å². The fourth-order valence-electron chi connectivity index (χ4n) is 1.59. The van der Waals surface area contributed by atoms with Crippen LogP contribution in [0.15, 0.2) is 36.7 Å². The van der Waals surface area contributed by atoms with Gasteiger partial charge < -0.3 is 0 Å². The quantitative estimate of drug-likeness (QED) is 0.764. The third-order valence-corrected chi connectivity index (χ3v) is 2.69. The molecule has 0 aliphatic rings. The molecular weight excluding hydrogens is 241 g/mol. The molecule has 1 aromatic carbocycles. The van der Waals surface area contributed by atoms with E-state index in [1.807, 2.05) is 0 Å². The largest absolute Gasteiger partial charge is 0.288 e. The van der Waals surface area contributed by atoms with E-state index in [9.17, 15) is 9.18 Å². The lowest BCUT2D eigenvalue weighted by Gasteiger charge is -2.05. The van der Waals surface area contributed by atoms with Crippen LogP contribution >= 0.6 is 11.6 Å². The van der Waals surface area contributed by atoms with Gasteiger partial charge in [-0.25, -0.2) is 4.39 Å². The number of aryl methyl sites for hydroxylation is 1. The third kappa shape index (κ3) is 2.34. The Balaban J connectivity index is 2.48. The highest BCUT2D eigenvalue weighted by molar-refractivity contribution is 6.30. The topological polar surface area (TPSA) is 30.0 Å². The molecule has 0 radical (unpaired) electrons. The van der Waals surface area contributed by atoms with Gasteiger partial charge in [0.2, 0.25) is 0 Å². The van der Waals surface area contributed by atoms with Crippen molar-refractivity contribution in [3.63, 3.8) is 0 Å². The zero-order valence-corrected chi connectivity index (χ0v) is 9.83. The Hall–Kier alpha value is -1.74. The number of hydrogen-bond acceptors (Lipinski definition) is 2. The third-order valence-electron chi connectivity index (χ3n) is 2.45. The van der Waals surface area contributed by atoms with E-state index in [0.717, 1.165) is 11.8 Å². The Kier molecular flexibility index (Phi) is 3.20. The number of hydrogen-bond donors (Lipinski definition) is 0. The zero-order valence-electron chi connectivity index (χ0n) is 9.08. The minimum Gasteiger partial charge on any atom is -0.288 e. The van der Waals surface area contributed by atoms with Crippen molar-refractivity contribution in [2.45, 2.75) is 6.92 Å². The molecule has 1 heterocycles. The number of pyridine rings is 1. The molecule has 1 aromatic heterocycles. The van der Waals surface area contributed by atoms with E-state index < -0.39 is 5.82 Å². The summed E-state index contributed by atoms with van der Waals surface area (Å²) in [4.78, 5) is 15.7. The lowest BCUT2D eigenvalue weighted by Crippen LogP contribution is -2.06. The number of ketones is 1. The van der Waals surface area contributed by atoms with Crippen molar-refractivity contribution in [3.05, 3.63) is 64.2 Å². The summed E-state index contributed by atoms with van der Waals surface area (Å²) in [6, 6.07) is 6.25. The number of benzene rings is 1. The first-order valence-corrected chi connectivity index (χ1v) is 5.38. The smallest absolute Gasteiger partial charge is 0.196 e. The number of carbonyl (C=O) groups excluding carboxylic acids is 1. The van der Waals surface area contributed by atoms with Gasteiger partial charge in [0.25, 0.3) is 0 Å². The van der Waals surface area contributed by atoms with Crippen LogP contribution in [0.2, 0.25) is 5.02 Å². The van der Waals surface area contributed by atoms with E-state index in [4.69, 9.17) is 11.6 Å². The van der Waals surface area contributed by atoms with E-state index in [2.05, 4.69) is 4.98 Å². The van der Waals surface area contributed by atoms with Crippen LogP contribution in [0.1, 0.15) is 21.5 Å². The second-order valence-corrected chi connectivity index (χ2v) is 4.08. The molecule has 2 rings (SSSR count). The molecule has 0 amide bonds. The zero-order chi connectivity index (χ0) is 12.4. The Labute approximate surface area is 103 Å². The summed E-state index contributed by atoms with van der Waals surface area (Å²) >= 11 is 5.80. The van der Waals surface area contributed by atoms with E-state index in [1.165, 1.54) is 12.3 Å². The van der Waals surface area contributed by atoms with Crippen LogP contribution in [0, 0.1) is 12.7 Å². The van der Waals surface area contributed by atoms with Gasteiger partial charge in [-0.05, 0) is 36.8 Å². The first kappa shape index (κ1) is 11.7. The van der Waals surface area contributed by atoms with Crippen LogP contribution in [0.3, 0.4) is 0 Å². The summed E-state index contributed by atoms with van der Waals surface area (Å²) in [5, 5.41) is 0.550. The minimum atomic E-state index is -0.619. The number of carbonyl (C=O) groups is 1. The maximum absolute atomic E-state index is 13.4. The molecule has 2 nitrogen and oxygen atoms in total. The normalized spacial score (nSPS) is 10.3. The molecule has 0 aliphatic carbocycles. The minimum absolute atomic E-state index is 0.0189. The average Bonchev–Trinajstić information content (AvgIpc) is 2.29. The molecule has 0 unspecified atom stereocenters. The van der Waals surface area contributed by atoms with Crippen LogP contribution in [0.25, 0.3) is 0 Å². The monoisotopic (exact) mass is 249 g/mol. The van der Waals surface area contributed by atoms with Gasteiger partial charge in [-0.1, -0.05) is 11.6 Å². The first-order chi connectivity index (χ1) is 8.09. The van der Waals surface area contributed by atoms with Crippen molar-refractivity contribution >= 4 is 17.4 Å². The van der Waals surface area contributed by atoms with Crippen molar-refractivity contribution in [1.29, 1.82) is 0 Å². The fourth-order valence-corrected chi connectivity index (χ4v) is 1.81. The Morgan fingerprint density at radius 1 is 1.29 bits per heavy atom. The van der Waals surface area contributed by atoms with Gasteiger partial charge in [-0.3, -0.25) is 9.78 Å². The van der Waals surface area contributed by atoms with Crippen LogP contribution < -0.4 is 0 Å². The van der Waals surface area contributed by atoms with Crippen molar-refractivity contribution in [3.8, 4) is 0 Å². The summed E-state index contributed by atoms with van der Waals surface area (Å²) < 4.78 is 13.4. The molecule has 0 bridgehead atoms. The molecule has 4 heteroatoms. The molecule has 2 aromatic rings. The fraction of sp³-hybridized carbons (Fsp3) is 0.0769. The van der Waals surface area contributed by atoms with Crippen molar-refractivity contribution < 1.29 is 9.18 Å². The number of rotatable bonds is 2. The lowest BCUT2D eigenvalue weighted by molar-refractivity contribution is 0.103. The number of halogens is 2. The van der Waals surface area contributed by atoms with Gasteiger partial charge in [0.15, 0.2) is 11.6 Å². The van der Waals surface area contributed by atoms with E-state index in [1.54, 1.807) is 25.1 Å². The van der Waals surface area contributed by atoms with Crippen molar-refractivity contribution in [2.24, 2.45) is 0 Å². The van der Waals surface area contributed by atoms with Gasteiger partial charge in [0, 0.05) is 16.8 Å². The molecule has 0 N–H and O–H groups in total. The highest BCUT2D eigenvalue weighted by Gasteiger charge is 2.15. The standard InChI is InChI=1S/C13H9ClFNO/c1-8-6-9(14)2-3-10(8)13(17)11-4-5-16-7-12(11)15/h2-7H,1H3. The van der Waals surface area contributed by atoms with Gasteiger partial charge in [-0.15, -0.1) is 0 Å². The van der Waals surface area contributed by atoms with E-state index >= 15 is 0 Å². The second kappa shape index (κ2) is 4.63. The predicted octanol–water partition coefficient (Wildman–Crippen LogP) is 3.41. The maximum atomic E-state index is 13.4. The van der Waals surface area contributed by atoms with Crippen LogP contribution in [0.5, 0.6) is 0 Å². The average molecular weight is 250 g/mol. The SMILES string of the molecule is Cc1cc(Cl)ccc1C(=O)c1ccncc1F. The van der Waals surface area contributed by atoms with Crippen molar-refractivity contribution in [1.82, 2.24) is 4.98 Å². The van der Waals surface area contributed by atoms with Gasteiger partial charge in [-0.2, -0.15) is 0 Å². The maximum Gasteiger partial charge on any atom is 0.196 e. The molecular formula is C13H9ClFNO.